The normalized spacial score (nSPS) is 34.0. The van der Waals surface area contributed by atoms with Crippen molar-refractivity contribution in [3.8, 4) is 17.2 Å². The molecule has 1 aromatic carbocycles. The van der Waals surface area contributed by atoms with Crippen LogP contribution in [0.1, 0.15) is 49.4 Å². The van der Waals surface area contributed by atoms with Gasteiger partial charge < -0.3 is 14.2 Å². The predicted molar refractivity (Wildman–Crippen MR) is 91.5 cm³/mol. The van der Waals surface area contributed by atoms with Gasteiger partial charge >= 0.3 is 0 Å². The van der Waals surface area contributed by atoms with Gasteiger partial charge in [-0.1, -0.05) is 37.8 Å². The van der Waals surface area contributed by atoms with E-state index in [1.54, 1.807) is 20.3 Å². The van der Waals surface area contributed by atoms with E-state index in [2.05, 4.69) is 6.92 Å². The summed E-state index contributed by atoms with van der Waals surface area (Å²) >= 11 is 6.45. The van der Waals surface area contributed by atoms with E-state index in [0.29, 0.717) is 33.8 Å². The summed E-state index contributed by atoms with van der Waals surface area (Å²) in [6.45, 7) is 2.13. The number of carbonyl (C=O) groups excluding carboxylic acids is 1. The number of benzene rings is 1. The largest absolute Gasteiger partial charge is 0.496 e. The topological polar surface area (TPSA) is 44.8 Å². The Morgan fingerprint density at radius 1 is 1.21 bits per heavy atom. The van der Waals surface area contributed by atoms with E-state index >= 15 is 0 Å². The first-order chi connectivity index (χ1) is 11.5. The van der Waals surface area contributed by atoms with Gasteiger partial charge in [-0.3, -0.25) is 4.79 Å². The molecule has 0 radical (unpaired) electrons. The molecule has 2 saturated carbocycles. The van der Waals surface area contributed by atoms with E-state index in [4.69, 9.17) is 25.8 Å². The first-order valence-electron chi connectivity index (χ1n) is 8.70. The van der Waals surface area contributed by atoms with Gasteiger partial charge in [0.15, 0.2) is 11.4 Å². The molecule has 3 aliphatic rings. The maximum Gasteiger partial charge on any atom is 0.214 e. The zero-order valence-corrected chi connectivity index (χ0v) is 15.1. The molecule has 2 aliphatic carbocycles. The Labute approximate surface area is 147 Å². The molecule has 4 atom stereocenters. The Morgan fingerprint density at radius 2 is 1.92 bits per heavy atom. The standard InChI is InChI=1S/C19H23ClO4/c1-10-7-11-5-4-6-12(11)9-19(10)18(21)15-13(22-2)8-14(23-3)16(20)17(15)24-19/h8,10-12H,4-7,9H2,1-3H3/t10-,11?,12?,19-/m1/s1. The molecule has 130 valence electrons. The Bertz CT molecular complexity index is 701. The fourth-order valence-electron chi connectivity index (χ4n) is 5.04. The Hall–Kier alpha value is -1.42. The number of ether oxygens (including phenoxy) is 3. The predicted octanol–water partition coefficient (Wildman–Crippen LogP) is 4.52. The lowest BCUT2D eigenvalue weighted by Gasteiger charge is -2.43. The minimum Gasteiger partial charge on any atom is -0.496 e. The molecular weight excluding hydrogens is 328 g/mol. The number of methoxy groups -OCH3 is 2. The highest BCUT2D eigenvalue weighted by atomic mass is 35.5. The lowest BCUT2D eigenvalue weighted by Crippen LogP contribution is -2.52. The number of Topliss-reactive ketones (excluding diaryl/α,β-unsaturated/α-hetero) is 1. The highest BCUT2D eigenvalue weighted by molar-refractivity contribution is 6.35. The lowest BCUT2D eigenvalue weighted by molar-refractivity contribution is -0.0186. The number of carbonyl (C=O) groups is 1. The van der Waals surface area contributed by atoms with Gasteiger partial charge in [0.05, 0.1) is 14.2 Å². The third-order valence-corrected chi connectivity index (χ3v) is 6.68. The Morgan fingerprint density at radius 3 is 2.62 bits per heavy atom. The highest BCUT2D eigenvalue weighted by Crippen LogP contribution is 2.57. The van der Waals surface area contributed by atoms with Crippen LogP contribution in [0.4, 0.5) is 0 Å². The van der Waals surface area contributed by atoms with Gasteiger partial charge in [0.2, 0.25) is 5.78 Å². The van der Waals surface area contributed by atoms with Gasteiger partial charge in [0, 0.05) is 12.0 Å². The van der Waals surface area contributed by atoms with Gasteiger partial charge in [0.25, 0.3) is 0 Å². The summed E-state index contributed by atoms with van der Waals surface area (Å²) in [5, 5.41) is 0.360. The van der Waals surface area contributed by atoms with Crippen molar-refractivity contribution >= 4 is 17.4 Å². The van der Waals surface area contributed by atoms with Crippen LogP contribution in [0.15, 0.2) is 6.07 Å². The molecule has 0 bridgehead atoms. The van der Waals surface area contributed by atoms with Crippen LogP contribution in [0.25, 0.3) is 0 Å². The van der Waals surface area contributed by atoms with Crippen molar-refractivity contribution in [2.45, 2.75) is 44.6 Å². The number of ketones is 1. The van der Waals surface area contributed by atoms with E-state index in [1.807, 2.05) is 0 Å². The minimum absolute atomic E-state index is 0.0248. The average Bonchev–Trinajstić information content (AvgIpc) is 3.13. The zero-order chi connectivity index (χ0) is 17.1. The molecule has 1 aromatic rings. The second-order valence-electron chi connectivity index (χ2n) is 7.41. The van der Waals surface area contributed by atoms with Crippen molar-refractivity contribution in [2.24, 2.45) is 17.8 Å². The third kappa shape index (κ3) is 2.01. The van der Waals surface area contributed by atoms with Crippen LogP contribution < -0.4 is 14.2 Å². The van der Waals surface area contributed by atoms with E-state index in [1.165, 1.54) is 19.3 Å². The van der Waals surface area contributed by atoms with Crippen molar-refractivity contribution in [3.05, 3.63) is 16.7 Å². The maximum atomic E-state index is 13.4. The summed E-state index contributed by atoms with van der Waals surface area (Å²) in [6.07, 6.45) is 5.57. The van der Waals surface area contributed by atoms with Crippen LogP contribution in [0.2, 0.25) is 5.02 Å². The second kappa shape index (κ2) is 5.55. The van der Waals surface area contributed by atoms with Crippen molar-refractivity contribution in [3.63, 3.8) is 0 Å². The molecule has 0 amide bonds. The molecule has 4 rings (SSSR count). The van der Waals surface area contributed by atoms with Crippen LogP contribution in [0.5, 0.6) is 17.2 Å². The number of rotatable bonds is 2. The minimum atomic E-state index is -0.795. The smallest absolute Gasteiger partial charge is 0.214 e. The Balaban J connectivity index is 1.81. The van der Waals surface area contributed by atoms with E-state index < -0.39 is 5.60 Å². The van der Waals surface area contributed by atoms with Crippen LogP contribution in [0.3, 0.4) is 0 Å². The van der Waals surface area contributed by atoms with Crippen LogP contribution in [-0.2, 0) is 0 Å². The molecule has 1 heterocycles. The van der Waals surface area contributed by atoms with Gasteiger partial charge in [-0.15, -0.1) is 0 Å². The number of hydrogen-bond donors (Lipinski definition) is 0. The highest BCUT2D eigenvalue weighted by Gasteiger charge is 2.58. The van der Waals surface area contributed by atoms with Crippen molar-refractivity contribution in [2.75, 3.05) is 14.2 Å². The summed E-state index contributed by atoms with van der Waals surface area (Å²) < 4.78 is 17.1. The fourth-order valence-corrected chi connectivity index (χ4v) is 5.30. The molecule has 1 aliphatic heterocycles. The molecule has 1 spiro atoms. The SMILES string of the molecule is COc1cc(OC)c2c(c1Cl)O[C@@]1(CC3CCCC3C[C@H]1C)C2=O. The first kappa shape index (κ1) is 16.1. The Kier molecular flexibility index (Phi) is 3.72. The fraction of sp³-hybridized carbons (Fsp3) is 0.632. The first-order valence-corrected chi connectivity index (χ1v) is 9.08. The molecule has 24 heavy (non-hydrogen) atoms. The second-order valence-corrected chi connectivity index (χ2v) is 7.79. The molecule has 0 N–H and O–H groups in total. The average molecular weight is 351 g/mol. The van der Waals surface area contributed by atoms with Gasteiger partial charge in [-0.2, -0.15) is 0 Å². The number of halogens is 1. The summed E-state index contributed by atoms with van der Waals surface area (Å²) in [5.74, 6) is 2.89. The third-order valence-electron chi connectivity index (χ3n) is 6.32. The van der Waals surface area contributed by atoms with E-state index in [9.17, 15) is 4.79 Å². The monoisotopic (exact) mass is 350 g/mol. The van der Waals surface area contributed by atoms with Crippen molar-refractivity contribution < 1.29 is 19.0 Å². The zero-order valence-electron chi connectivity index (χ0n) is 14.4. The van der Waals surface area contributed by atoms with Crippen LogP contribution >= 0.6 is 11.6 Å². The van der Waals surface area contributed by atoms with Gasteiger partial charge in [-0.05, 0) is 24.7 Å². The molecule has 5 heteroatoms. The molecule has 0 aromatic heterocycles. The number of hydrogen-bond acceptors (Lipinski definition) is 4. The van der Waals surface area contributed by atoms with E-state index in [0.717, 1.165) is 18.8 Å². The maximum absolute atomic E-state index is 13.4. The van der Waals surface area contributed by atoms with Crippen molar-refractivity contribution in [1.29, 1.82) is 0 Å². The summed E-state index contributed by atoms with van der Waals surface area (Å²) in [5.41, 5.74) is -0.316. The van der Waals surface area contributed by atoms with Crippen LogP contribution in [0, 0.1) is 17.8 Å². The molecule has 0 saturated heterocycles. The van der Waals surface area contributed by atoms with E-state index in [-0.39, 0.29) is 11.7 Å². The van der Waals surface area contributed by atoms with Gasteiger partial charge in [-0.25, -0.2) is 0 Å². The molecule has 4 nitrogen and oxygen atoms in total. The summed E-state index contributed by atoms with van der Waals surface area (Å²) in [6, 6.07) is 1.67. The molecule has 2 unspecified atom stereocenters. The van der Waals surface area contributed by atoms with Crippen molar-refractivity contribution in [1.82, 2.24) is 0 Å². The summed E-state index contributed by atoms with van der Waals surface area (Å²) in [4.78, 5) is 13.4. The molecule has 2 fully saturated rings. The quantitative estimate of drug-likeness (QED) is 0.786. The summed E-state index contributed by atoms with van der Waals surface area (Å²) in [7, 11) is 3.10. The molecular formula is C19H23ClO4. The van der Waals surface area contributed by atoms with Gasteiger partial charge in [0.1, 0.15) is 22.1 Å². The lowest BCUT2D eigenvalue weighted by atomic mass is 9.65. The van der Waals surface area contributed by atoms with Crippen LogP contribution in [-0.4, -0.2) is 25.6 Å². The number of fused-ring (bicyclic) bond motifs is 2.